The third-order valence-corrected chi connectivity index (χ3v) is 3.25. The SMILES string of the molecule is Cc1cc(N(CCCO)C(C)C)c([C@H](C)O)cc1F. The summed E-state index contributed by atoms with van der Waals surface area (Å²) in [4.78, 5) is 2.09. The van der Waals surface area contributed by atoms with Gasteiger partial charge in [0.25, 0.3) is 0 Å². The Labute approximate surface area is 114 Å². The topological polar surface area (TPSA) is 43.7 Å². The molecule has 0 fully saturated rings. The Balaban J connectivity index is 3.23. The molecule has 0 spiro atoms. The summed E-state index contributed by atoms with van der Waals surface area (Å²) in [5, 5.41) is 18.8. The lowest BCUT2D eigenvalue weighted by atomic mass is 10.0. The van der Waals surface area contributed by atoms with Gasteiger partial charge in [0.1, 0.15) is 5.82 Å². The molecule has 0 aliphatic carbocycles. The Morgan fingerprint density at radius 3 is 2.37 bits per heavy atom. The average molecular weight is 269 g/mol. The van der Waals surface area contributed by atoms with Gasteiger partial charge in [0.05, 0.1) is 6.10 Å². The summed E-state index contributed by atoms with van der Waals surface area (Å²) in [6.45, 7) is 8.24. The molecule has 0 aliphatic rings. The molecule has 0 heterocycles. The second-order valence-corrected chi connectivity index (χ2v) is 5.20. The van der Waals surface area contributed by atoms with E-state index in [1.165, 1.54) is 6.07 Å². The van der Waals surface area contributed by atoms with Gasteiger partial charge >= 0.3 is 0 Å². The number of aliphatic hydroxyl groups is 2. The molecule has 1 rings (SSSR count). The second-order valence-electron chi connectivity index (χ2n) is 5.20. The smallest absolute Gasteiger partial charge is 0.126 e. The zero-order chi connectivity index (χ0) is 14.6. The molecule has 0 saturated heterocycles. The van der Waals surface area contributed by atoms with Crippen LogP contribution in [0.1, 0.15) is 44.4 Å². The minimum Gasteiger partial charge on any atom is -0.396 e. The highest BCUT2D eigenvalue weighted by Gasteiger charge is 2.18. The Bertz CT molecular complexity index is 419. The Morgan fingerprint density at radius 1 is 1.26 bits per heavy atom. The number of hydrogen-bond donors (Lipinski definition) is 2. The standard InChI is InChI=1S/C15H24FNO2/c1-10(2)17(6-5-7-18)15-8-11(3)14(16)9-13(15)12(4)19/h8-10,12,18-19H,5-7H2,1-4H3/t12-/m0/s1. The number of halogens is 1. The maximum absolute atomic E-state index is 13.7. The van der Waals surface area contributed by atoms with E-state index < -0.39 is 6.10 Å². The summed E-state index contributed by atoms with van der Waals surface area (Å²) >= 11 is 0. The van der Waals surface area contributed by atoms with Crippen molar-refractivity contribution in [3.63, 3.8) is 0 Å². The summed E-state index contributed by atoms with van der Waals surface area (Å²) < 4.78 is 13.7. The van der Waals surface area contributed by atoms with Gasteiger partial charge in [0.2, 0.25) is 0 Å². The summed E-state index contributed by atoms with van der Waals surface area (Å²) in [5.74, 6) is -0.300. The normalized spacial score (nSPS) is 12.8. The van der Waals surface area contributed by atoms with Crippen LogP contribution >= 0.6 is 0 Å². The van der Waals surface area contributed by atoms with Gasteiger partial charge in [0, 0.05) is 30.4 Å². The lowest BCUT2D eigenvalue weighted by molar-refractivity contribution is 0.199. The van der Waals surface area contributed by atoms with E-state index in [0.29, 0.717) is 24.1 Å². The van der Waals surface area contributed by atoms with Gasteiger partial charge in [-0.1, -0.05) is 0 Å². The van der Waals surface area contributed by atoms with Crippen LogP contribution in [0.3, 0.4) is 0 Å². The summed E-state index contributed by atoms with van der Waals surface area (Å²) in [6.07, 6.45) is -0.0751. The van der Waals surface area contributed by atoms with E-state index in [1.54, 1.807) is 19.9 Å². The fraction of sp³-hybridized carbons (Fsp3) is 0.600. The highest BCUT2D eigenvalue weighted by atomic mass is 19.1. The molecule has 0 amide bonds. The third kappa shape index (κ3) is 3.91. The van der Waals surface area contributed by atoms with Gasteiger partial charge in [-0.3, -0.25) is 0 Å². The van der Waals surface area contributed by atoms with Crippen LogP contribution < -0.4 is 4.90 Å². The minimum atomic E-state index is -0.722. The molecule has 1 aromatic rings. The zero-order valence-corrected chi connectivity index (χ0v) is 12.2. The van der Waals surface area contributed by atoms with E-state index in [0.717, 1.165) is 5.69 Å². The van der Waals surface area contributed by atoms with Crippen molar-refractivity contribution in [2.75, 3.05) is 18.1 Å². The van der Waals surface area contributed by atoms with Crippen LogP contribution in [-0.2, 0) is 0 Å². The van der Waals surface area contributed by atoms with E-state index in [9.17, 15) is 9.50 Å². The molecule has 1 aromatic carbocycles. The Hall–Kier alpha value is -1.13. The molecule has 19 heavy (non-hydrogen) atoms. The van der Waals surface area contributed by atoms with E-state index in [1.807, 2.05) is 13.8 Å². The summed E-state index contributed by atoms with van der Waals surface area (Å²) in [6, 6.07) is 3.40. The molecular formula is C15H24FNO2. The van der Waals surface area contributed by atoms with Crippen LogP contribution in [-0.4, -0.2) is 29.4 Å². The minimum absolute atomic E-state index is 0.118. The lowest BCUT2D eigenvalue weighted by Gasteiger charge is -2.32. The van der Waals surface area contributed by atoms with Crippen LogP contribution in [0.25, 0.3) is 0 Å². The van der Waals surface area contributed by atoms with Gasteiger partial charge in [-0.25, -0.2) is 4.39 Å². The zero-order valence-electron chi connectivity index (χ0n) is 12.2. The van der Waals surface area contributed by atoms with Crippen molar-refractivity contribution in [1.29, 1.82) is 0 Å². The highest BCUT2D eigenvalue weighted by molar-refractivity contribution is 5.57. The van der Waals surface area contributed by atoms with Gasteiger partial charge < -0.3 is 15.1 Å². The Kier molecular flexibility index (Phi) is 5.76. The number of aliphatic hydroxyl groups excluding tert-OH is 2. The van der Waals surface area contributed by atoms with Crippen LogP contribution in [0.5, 0.6) is 0 Å². The first-order valence-electron chi connectivity index (χ1n) is 6.74. The van der Waals surface area contributed by atoms with Crippen molar-refractivity contribution in [1.82, 2.24) is 0 Å². The molecular weight excluding hydrogens is 245 g/mol. The fourth-order valence-electron chi connectivity index (χ4n) is 2.16. The molecule has 0 aliphatic heterocycles. The number of nitrogens with zero attached hydrogens (tertiary/aromatic N) is 1. The van der Waals surface area contributed by atoms with E-state index in [2.05, 4.69) is 4.90 Å². The van der Waals surface area contributed by atoms with Crippen molar-refractivity contribution in [3.8, 4) is 0 Å². The Morgan fingerprint density at radius 2 is 1.89 bits per heavy atom. The van der Waals surface area contributed by atoms with Crippen LogP contribution in [0.4, 0.5) is 10.1 Å². The van der Waals surface area contributed by atoms with E-state index >= 15 is 0 Å². The quantitative estimate of drug-likeness (QED) is 0.834. The molecule has 108 valence electrons. The molecule has 0 unspecified atom stereocenters. The average Bonchev–Trinajstić information content (AvgIpc) is 2.32. The summed E-state index contributed by atoms with van der Waals surface area (Å²) in [5.41, 5.74) is 2.00. The maximum atomic E-state index is 13.7. The first kappa shape index (κ1) is 15.9. The predicted octanol–water partition coefficient (Wildman–Crippen LogP) is 2.78. The van der Waals surface area contributed by atoms with Crippen LogP contribution in [0, 0.1) is 12.7 Å². The molecule has 2 N–H and O–H groups in total. The largest absolute Gasteiger partial charge is 0.396 e. The first-order valence-corrected chi connectivity index (χ1v) is 6.74. The van der Waals surface area contributed by atoms with Crippen LogP contribution in [0.15, 0.2) is 12.1 Å². The molecule has 1 atom stereocenters. The van der Waals surface area contributed by atoms with E-state index in [-0.39, 0.29) is 18.5 Å². The monoisotopic (exact) mass is 269 g/mol. The van der Waals surface area contributed by atoms with Gasteiger partial charge in [-0.15, -0.1) is 0 Å². The predicted molar refractivity (Wildman–Crippen MR) is 76.0 cm³/mol. The van der Waals surface area contributed by atoms with Gasteiger partial charge in [-0.05, 0) is 51.8 Å². The van der Waals surface area contributed by atoms with Crippen molar-refractivity contribution >= 4 is 5.69 Å². The molecule has 0 radical (unpaired) electrons. The third-order valence-electron chi connectivity index (χ3n) is 3.25. The van der Waals surface area contributed by atoms with E-state index in [4.69, 9.17) is 5.11 Å². The summed E-state index contributed by atoms with van der Waals surface area (Å²) in [7, 11) is 0. The molecule has 0 saturated carbocycles. The molecule has 0 bridgehead atoms. The van der Waals surface area contributed by atoms with Gasteiger partial charge in [0.15, 0.2) is 0 Å². The van der Waals surface area contributed by atoms with Crippen molar-refractivity contribution < 1.29 is 14.6 Å². The van der Waals surface area contributed by atoms with Crippen molar-refractivity contribution in [2.24, 2.45) is 0 Å². The second kappa shape index (κ2) is 6.87. The molecule has 0 aromatic heterocycles. The number of anilines is 1. The van der Waals surface area contributed by atoms with Gasteiger partial charge in [-0.2, -0.15) is 0 Å². The number of rotatable bonds is 6. The lowest BCUT2D eigenvalue weighted by Crippen LogP contribution is -2.33. The van der Waals surface area contributed by atoms with Crippen LogP contribution in [0.2, 0.25) is 0 Å². The van der Waals surface area contributed by atoms with Crippen molar-refractivity contribution in [2.45, 2.75) is 46.3 Å². The fourth-order valence-corrected chi connectivity index (χ4v) is 2.16. The number of aryl methyl sites for hydroxylation is 1. The number of hydrogen-bond acceptors (Lipinski definition) is 3. The van der Waals surface area contributed by atoms with Crippen molar-refractivity contribution in [3.05, 3.63) is 29.1 Å². The highest BCUT2D eigenvalue weighted by Crippen LogP contribution is 2.30. The molecule has 3 nitrogen and oxygen atoms in total. The number of benzene rings is 1. The maximum Gasteiger partial charge on any atom is 0.126 e. The molecule has 4 heteroatoms. The first-order chi connectivity index (χ1) is 8.88.